The van der Waals surface area contributed by atoms with E-state index in [4.69, 9.17) is 14.2 Å². The molecule has 0 aliphatic heterocycles. The second-order valence-electron chi connectivity index (χ2n) is 6.56. The largest absolute Gasteiger partial charge is 0.493 e. The zero-order chi connectivity index (χ0) is 19.4. The molecule has 0 atom stereocenters. The minimum absolute atomic E-state index is 0. The number of rotatable bonds is 11. The van der Waals surface area contributed by atoms with Crippen LogP contribution in [-0.4, -0.2) is 47.4 Å². The first-order chi connectivity index (χ1) is 12.6. The lowest BCUT2D eigenvalue weighted by molar-refractivity contribution is 0.322. The summed E-state index contributed by atoms with van der Waals surface area (Å²) in [6.07, 6.45) is 4.46. The number of hydrogen-bond acceptors (Lipinski definition) is 4. The third-order valence-electron chi connectivity index (χ3n) is 4.20. The van der Waals surface area contributed by atoms with Crippen molar-refractivity contribution in [1.29, 1.82) is 0 Å². The first-order valence-electron chi connectivity index (χ1n) is 9.29. The van der Waals surface area contributed by atoms with E-state index >= 15 is 0 Å². The number of unbranched alkanes of at least 4 members (excludes halogenated alkanes) is 1. The molecule has 2 N–H and O–H groups in total. The molecule has 1 aromatic carbocycles. The smallest absolute Gasteiger partial charge is 0.203 e. The third-order valence-corrected chi connectivity index (χ3v) is 4.20. The van der Waals surface area contributed by atoms with Gasteiger partial charge in [0.2, 0.25) is 5.75 Å². The zero-order valence-electron chi connectivity index (χ0n) is 17.6. The van der Waals surface area contributed by atoms with Gasteiger partial charge < -0.3 is 24.8 Å². The molecule has 0 aliphatic carbocycles. The van der Waals surface area contributed by atoms with Crippen LogP contribution < -0.4 is 24.8 Å². The summed E-state index contributed by atoms with van der Waals surface area (Å²) in [6.45, 7) is 6.20. The van der Waals surface area contributed by atoms with Gasteiger partial charge in [-0.2, -0.15) is 0 Å². The van der Waals surface area contributed by atoms with E-state index in [1.165, 1.54) is 12.8 Å². The van der Waals surface area contributed by atoms with E-state index in [2.05, 4.69) is 29.5 Å². The van der Waals surface area contributed by atoms with Gasteiger partial charge >= 0.3 is 0 Å². The second-order valence-corrected chi connectivity index (χ2v) is 6.56. The minimum Gasteiger partial charge on any atom is -0.493 e. The first-order valence-corrected chi connectivity index (χ1v) is 9.29. The summed E-state index contributed by atoms with van der Waals surface area (Å²) in [7, 11) is 6.68. The standard InChI is InChI=1S/C20H35N3O3.HI/c1-15(2)9-7-8-13-22-20(21-3)23-14-12-16-10-11-17(24-4)19(26-6)18(16)25-5;/h10-11,15H,7-9,12-14H2,1-6H3,(H2,21,22,23);1H. The van der Waals surface area contributed by atoms with Crippen LogP contribution in [0.5, 0.6) is 17.2 Å². The number of methoxy groups -OCH3 is 3. The number of benzene rings is 1. The van der Waals surface area contributed by atoms with Crippen LogP contribution in [-0.2, 0) is 6.42 Å². The normalized spacial score (nSPS) is 11.0. The van der Waals surface area contributed by atoms with E-state index in [0.29, 0.717) is 17.2 Å². The average molecular weight is 493 g/mol. The number of aliphatic imine (C=N–C) groups is 1. The van der Waals surface area contributed by atoms with Crippen LogP contribution in [0.25, 0.3) is 0 Å². The second kappa shape index (κ2) is 14.6. The van der Waals surface area contributed by atoms with E-state index in [1.54, 1.807) is 28.4 Å². The van der Waals surface area contributed by atoms with E-state index in [-0.39, 0.29) is 24.0 Å². The lowest BCUT2D eigenvalue weighted by Crippen LogP contribution is -2.38. The molecular formula is C20H36IN3O3. The zero-order valence-corrected chi connectivity index (χ0v) is 19.9. The van der Waals surface area contributed by atoms with E-state index in [9.17, 15) is 0 Å². The van der Waals surface area contributed by atoms with E-state index < -0.39 is 0 Å². The first kappa shape index (κ1) is 25.6. The number of halogens is 1. The molecule has 0 spiro atoms. The topological polar surface area (TPSA) is 64.1 Å². The van der Waals surface area contributed by atoms with Gasteiger partial charge in [0.25, 0.3) is 0 Å². The fourth-order valence-electron chi connectivity index (χ4n) is 2.78. The summed E-state index contributed by atoms with van der Waals surface area (Å²) < 4.78 is 16.3. The summed E-state index contributed by atoms with van der Waals surface area (Å²) >= 11 is 0. The Hall–Kier alpha value is -1.38. The number of ether oxygens (including phenoxy) is 3. The van der Waals surface area contributed by atoms with Crippen LogP contribution in [0, 0.1) is 5.92 Å². The lowest BCUT2D eigenvalue weighted by Gasteiger charge is -2.16. The van der Waals surface area contributed by atoms with Crippen LogP contribution in [0.2, 0.25) is 0 Å². The van der Waals surface area contributed by atoms with E-state index in [1.807, 2.05) is 12.1 Å². The number of hydrogen-bond donors (Lipinski definition) is 2. The van der Waals surface area contributed by atoms with Crippen molar-refractivity contribution < 1.29 is 14.2 Å². The molecule has 0 radical (unpaired) electrons. The summed E-state index contributed by atoms with van der Waals surface area (Å²) in [5.74, 6) is 3.60. The van der Waals surface area contributed by atoms with Gasteiger partial charge in [-0.25, -0.2) is 0 Å². The molecule has 0 aliphatic rings. The molecular weight excluding hydrogens is 457 g/mol. The van der Waals surface area contributed by atoms with Crippen molar-refractivity contribution in [3.8, 4) is 17.2 Å². The Balaban J connectivity index is 0.00000676. The minimum atomic E-state index is 0. The molecule has 1 aromatic rings. The Bertz CT molecular complexity index is 566. The van der Waals surface area contributed by atoms with Crippen molar-refractivity contribution in [2.75, 3.05) is 41.5 Å². The maximum atomic E-state index is 5.53. The van der Waals surface area contributed by atoms with Crippen molar-refractivity contribution >= 4 is 29.9 Å². The van der Waals surface area contributed by atoms with Crippen LogP contribution in [0.3, 0.4) is 0 Å². The predicted octanol–water partition coefficient (Wildman–Crippen LogP) is 3.86. The summed E-state index contributed by atoms with van der Waals surface area (Å²) in [5, 5.41) is 6.71. The Morgan fingerprint density at radius 2 is 1.63 bits per heavy atom. The van der Waals surface area contributed by atoms with Crippen LogP contribution in [0.1, 0.15) is 38.7 Å². The maximum absolute atomic E-state index is 5.53. The molecule has 6 nitrogen and oxygen atoms in total. The SMILES string of the molecule is CN=C(NCCCCC(C)C)NCCc1ccc(OC)c(OC)c1OC.I. The van der Waals surface area contributed by atoms with Gasteiger partial charge in [-0.1, -0.05) is 32.8 Å². The predicted molar refractivity (Wildman–Crippen MR) is 123 cm³/mol. The van der Waals surface area contributed by atoms with Crippen molar-refractivity contribution in [2.24, 2.45) is 10.9 Å². The van der Waals surface area contributed by atoms with Crippen molar-refractivity contribution in [1.82, 2.24) is 10.6 Å². The summed E-state index contributed by atoms with van der Waals surface area (Å²) in [6, 6.07) is 3.91. The number of guanidine groups is 1. The van der Waals surface area contributed by atoms with Gasteiger partial charge in [-0.3, -0.25) is 4.99 Å². The van der Waals surface area contributed by atoms with E-state index in [0.717, 1.165) is 43.4 Å². The van der Waals surface area contributed by atoms with Crippen molar-refractivity contribution in [3.05, 3.63) is 17.7 Å². The van der Waals surface area contributed by atoms with Gasteiger partial charge in [-0.15, -0.1) is 24.0 Å². The van der Waals surface area contributed by atoms with Crippen molar-refractivity contribution in [2.45, 2.75) is 39.5 Å². The highest BCUT2D eigenvalue weighted by atomic mass is 127. The lowest BCUT2D eigenvalue weighted by atomic mass is 10.1. The molecule has 0 saturated carbocycles. The van der Waals surface area contributed by atoms with Crippen LogP contribution >= 0.6 is 24.0 Å². The fraction of sp³-hybridized carbons (Fsp3) is 0.650. The maximum Gasteiger partial charge on any atom is 0.203 e. The molecule has 0 heterocycles. The Morgan fingerprint density at radius 1 is 0.963 bits per heavy atom. The van der Waals surface area contributed by atoms with Gasteiger partial charge in [-0.05, 0) is 24.8 Å². The molecule has 0 fully saturated rings. The number of nitrogens with zero attached hydrogens (tertiary/aromatic N) is 1. The van der Waals surface area contributed by atoms with Crippen LogP contribution in [0.15, 0.2) is 17.1 Å². The Morgan fingerprint density at radius 3 is 2.19 bits per heavy atom. The highest BCUT2D eigenvalue weighted by Gasteiger charge is 2.15. The Labute approximate surface area is 181 Å². The van der Waals surface area contributed by atoms with Crippen molar-refractivity contribution in [3.63, 3.8) is 0 Å². The highest BCUT2D eigenvalue weighted by Crippen LogP contribution is 2.39. The monoisotopic (exact) mass is 493 g/mol. The van der Waals surface area contributed by atoms with Crippen LogP contribution in [0.4, 0.5) is 0 Å². The number of nitrogens with one attached hydrogen (secondary N) is 2. The molecule has 7 heteroatoms. The molecule has 27 heavy (non-hydrogen) atoms. The molecule has 156 valence electrons. The summed E-state index contributed by atoms with van der Waals surface area (Å²) in [4.78, 5) is 4.27. The quantitative estimate of drug-likeness (QED) is 0.212. The average Bonchev–Trinajstić information content (AvgIpc) is 2.65. The van der Waals surface area contributed by atoms with Gasteiger partial charge in [0.1, 0.15) is 0 Å². The molecule has 0 aromatic heterocycles. The molecule has 0 bridgehead atoms. The highest BCUT2D eigenvalue weighted by molar-refractivity contribution is 14.0. The Kier molecular flexibility index (Phi) is 13.9. The fourth-order valence-corrected chi connectivity index (χ4v) is 2.78. The van der Waals surface area contributed by atoms with Gasteiger partial charge in [0, 0.05) is 25.7 Å². The molecule has 0 unspecified atom stereocenters. The molecule has 0 saturated heterocycles. The summed E-state index contributed by atoms with van der Waals surface area (Å²) in [5.41, 5.74) is 1.06. The molecule has 1 rings (SSSR count). The van der Waals surface area contributed by atoms with Gasteiger partial charge in [0.15, 0.2) is 17.5 Å². The molecule has 0 amide bonds. The van der Waals surface area contributed by atoms with Gasteiger partial charge in [0.05, 0.1) is 21.3 Å². The third kappa shape index (κ3) is 8.90.